The fraction of sp³-hybridized carbons (Fsp3) is 0.833. The Morgan fingerprint density at radius 3 is 2.16 bits per heavy atom. The van der Waals surface area contributed by atoms with E-state index >= 15 is 0 Å². The van der Waals surface area contributed by atoms with Crippen molar-refractivity contribution in [3.05, 3.63) is 0 Å². The van der Waals surface area contributed by atoms with E-state index in [-0.39, 0.29) is 5.92 Å². The molecule has 7 heteroatoms. The summed E-state index contributed by atoms with van der Waals surface area (Å²) >= 11 is 0. The van der Waals surface area contributed by atoms with Gasteiger partial charge in [-0.25, -0.2) is 0 Å². The first-order valence-electron chi connectivity index (χ1n) is 6.40. The molecule has 0 heterocycles. The van der Waals surface area contributed by atoms with Crippen molar-refractivity contribution in [2.45, 2.75) is 51.1 Å². The van der Waals surface area contributed by atoms with Crippen molar-refractivity contribution in [1.82, 2.24) is 0 Å². The van der Waals surface area contributed by atoms with Gasteiger partial charge in [0, 0.05) is 0 Å². The van der Waals surface area contributed by atoms with E-state index in [0.717, 1.165) is 19.3 Å². The van der Waals surface area contributed by atoms with Gasteiger partial charge in [-0.3, -0.25) is 9.59 Å². The van der Waals surface area contributed by atoms with Crippen LogP contribution in [0, 0.1) is 11.3 Å². The third-order valence-electron chi connectivity index (χ3n) is 4.24. The van der Waals surface area contributed by atoms with Crippen LogP contribution in [-0.4, -0.2) is 32.7 Å². The number of carboxylic acid groups (broad SMARTS) is 2. The van der Waals surface area contributed by atoms with E-state index in [2.05, 4.69) is 0 Å². The van der Waals surface area contributed by atoms with E-state index in [9.17, 15) is 24.2 Å². The fourth-order valence-corrected chi connectivity index (χ4v) is 4.07. The van der Waals surface area contributed by atoms with Crippen LogP contribution < -0.4 is 0 Å². The second-order valence-electron chi connectivity index (χ2n) is 5.34. The fourth-order valence-electron chi connectivity index (χ4n) is 2.98. The van der Waals surface area contributed by atoms with Gasteiger partial charge in [-0.2, -0.15) is 4.89 Å². The van der Waals surface area contributed by atoms with Crippen molar-refractivity contribution in [3.8, 4) is 0 Å². The van der Waals surface area contributed by atoms with Gasteiger partial charge in [-0.05, 0) is 30.2 Å². The van der Waals surface area contributed by atoms with Crippen LogP contribution in [0.4, 0.5) is 0 Å². The Morgan fingerprint density at radius 2 is 1.79 bits per heavy atom. The second kappa shape index (κ2) is 6.44. The normalized spacial score (nSPS) is 22.3. The molecule has 0 aromatic heterocycles. The van der Waals surface area contributed by atoms with Crippen LogP contribution in [0.3, 0.4) is 0 Å². The molecule has 0 aromatic rings. The summed E-state index contributed by atoms with van der Waals surface area (Å²) in [5.74, 6) is -2.66. The molecule has 108 valence electrons. The monoisotopic (exact) mass is 291 g/mol. The zero-order chi connectivity index (χ0) is 14.6. The van der Waals surface area contributed by atoms with Gasteiger partial charge >= 0.3 is 20.0 Å². The summed E-state index contributed by atoms with van der Waals surface area (Å²) in [6.45, 7) is 1.42. The molecule has 0 aromatic carbocycles. The Balaban J connectivity index is 3.09. The van der Waals surface area contributed by atoms with Gasteiger partial charge in [0.15, 0.2) is 0 Å². The lowest BCUT2D eigenvalue weighted by Crippen LogP contribution is -2.46. The van der Waals surface area contributed by atoms with Crippen LogP contribution in [0.15, 0.2) is 0 Å². The minimum Gasteiger partial charge on any atom is -0.481 e. The Labute approximate surface area is 112 Å². The zero-order valence-corrected chi connectivity index (χ0v) is 11.8. The van der Waals surface area contributed by atoms with E-state index < -0.39 is 37.5 Å². The molecule has 0 aliphatic heterocycles. The van der Waals surface area contributed by atoms with Crippen molar-refractivity contribution < 1.29 is 29.3 Å². The van der Waals surface area contributed by atoms with Crippen LogP contribution in [0.25, 0.3) is 0 Å². The standard InChI is InChI=1S/C12H19O6P/c1-12(11(15)16,8-5-3-2-4-6-8)9(19(17)18)7-10(13)14/h8-9H,2-7H2,1H3,(H2-,13,14,15,16,17,18)/p+1. The molecular formula is C12H20O6P+. The first-order valence-corrected chi connectivity index (χ1v) is 7.68. The number of hydrogen-bond acceptors (Lipinski definition) is 3. The van der Waals surface area contributed by atoms with Gasteiger partial charge in [0.25, 0.3) is 0 Å². The van der Waals surface area contributed by atoms with E-state index in [1.807, 2.05) is 0 Å². The molecule has 0 saturated heterocycles. The van der Waals surface area contributed by atoms with Crippen molar-refractivity contribution in [2.75, 3.05) is 0 Å². The number of carboxylic acids is 2. The predicted octanol–water partition coefficient (Wildman–Crippen LogP) is 2.24. The number of carbonyl (C=O) groups is 2. The number of rotatable bonds is 6. The highest BCUT2D eigenvalue weighted by molar-refractivity contribution is 7.39. The van der Waals surface area contributed by atoms with Gasteiger partial charge < -0.3 is 10.2 Å². The van der Waals surface area contributed by atoms with Crippen LogP contribution in [0.5, 0.6) is 0 Å². The smallest absolute Gasteiger partial charge is 0.481 e. The predicted molar refractivity (Wildman–Crippen MR) is 68.2 cm³/mol. The molecule has 1 aliphatic rings. The summed E-state index contributed by atoms with van der Waals surface area (Å²) in [6.07, 6.45) is 3.54. The average Bonchev–Trinajstić information content (AvgIpc) is 2.35. The molecule has 3 N–H and O–H groups in total. The van der Waals surface area contributed by atoms with Crippen LogP contribution >= 0.6 is 8.03 Å². The van der Waals surface area contributed by atoms with Crippen LogP contribution in [-0.2, 0) is 14.2 Å². The zero-order valence-electron chi connectivity index (χ0n) is 10.9. The highest BCUT2D eigenvalue weighted by Gasteiger charge is 2.57. The molecule has 0 radical (unpaired) electrons. The Bertz CT molecular complexity index is 376. The molecule has 19 heavy (non-hydrogen) atoms. The molecule has 0 bridgehead atoms. The van der Waals surface area contributed by atoms with Gasteiger partial charge in [0.05, 0.1) is 6.42 Å². The van der Waals surface area contributed by atoms with Crippen molar-refractivity contribution in [3.63, 3.8) is 0 Å². The first kappa shape index (κ1) is 16.1. The first-order chi connectivity index (χ1) is 8.80. The minimum atomic E-state index is -2.85. The lowest BCUT2D eigenvalue weighted by atomic mass is 9.67. The molecule has 1 saturated carbocycles. The van der Waals surface area contributed by atoms with E-state index in [1.54, 1.807) is 0 Å². The summed E-state index contributed by atoms with van der Waals surface area (Å²) in [5.41, 5.74) is -2.71. The quantitative estimate of drug-likeness (QED) is 0.647. The molecule has 3 unspecified atom stereocenters. The van der Waals surface area contributed by atoms with E-state index in [4.69, 9.17) is 5.11 Å². The third kappa shape index (κ3) is 3.51. The van der Waals surface area contributed by atoms with Crippen LogP contribution in [0.2, 0.25) is 0 Å². The molecule has 1 rings (SSSR count). The minimum absolute atomic E-state index is 0.241. The van der Waals surface area contributed by atoms with Crippen LogP contribution in [0.1, 0.15) is 45.4 Å². The second-order valence-corrected chi connectivity index (χ2v) is 6.57. The van der Waals surface area contributed by atoms with E-state index in [1.165, 1.54) is 6.92 Å². The lowest BCUT2D eigenvalue weighted by Gasteiger charge is -2.36. The van der Waals surface area contributed by atoms with Gasteiger partial charge in [0.2, 0.25) is 5.66 Å². The van der Waals surface area contributed by atoms with Crippen molar-refractivity contribution >= 4 is 20.0 Å². The summed E-state index contributed by atoms with van der Waals surface area (Å²) in [7, 11) is -2.85. The Kier molecular flexibility index (Phi) is 5.44. The molecule has 6 nitrogen and oxygen atoms in total. The molecule has 0 amide bonds. The molecule has 0 spiro atoms. The lowest BCUT2D eigenvalue weighted by molar-refractivity contribution is -0.153. The van der Waals surface area contributed by atoms with E-state index in [0.29, 0.717) is 12.8 Å². The van der Waals surface area contributed by atoms with Gasteiger partial charge in [0.1, 0.15) is 5.41 Å². The maximum Gasteiger partial charge on any atom is 0.510 e. The van der Waals surface area contributed by atoms with Gasteiger partial charge in [-0.1, -0.05) is 19.3 Å². The summed E-state index contributed by atoms with van der Waals surface area (Å²) in [4.78, 5) is 31.8. The topological polar surface area (TPSA) is 112 Å². The highest BCUT2D eigenvalue weighted by atomic mass is 31.1. The highest BCUT2D eigenvalue weighted by Crippen LogP contribution is 2.49. The third-order valence-corrected chi connectivity index (χ3v) is 5.49. The Morgan fingerprint density at radius 1 is 1.26 bits per heavy atom. The summed E-state index contributed by atoms with van der Waals surface area (Å²) in [6, 6.07) is 0. The summed E-state index contributed by atoms with van der Waals surface area (Å²) in [5, 5.41) is 18.3. The maximum atomic E-state index is 11.6. The van der Waals surface area contributed by atoms with Crippen molar-refractivity contribution in [1.29, 1.82) is 0 Å². The average molecular weight is 291 g/mol. The largest absolute Gasteiger partial charge is 0.510 e. The molecule has 1 fully saturated rings. The molecular weight excluding hydrogens is 271 g/mol. The van der Waals surface area contributed by atoms with Crippen molar-refractivity contribution in [2.24, 2.45) is 11.3 Å². The molecule has 3 atom stereocenters. The SMILES string of the molecule is CC(C(=O)O)(C1CCCCC1)C(CC(=O)O)[P+](=O)O. The molecule has 1 aliphatic carbocycles. The Hall–Kier alpha value is -1.00. The maximum absolute atomic E-state index is 11.6. The number of aliphatic carboxylic acids is 2. The summed E-state index contributed by atoms with van der Waals surface area (Å²) < 4.78 is 11.5. The van der Waals surface area contributed by atoms with Gasteiger partial charge in [-0.15, -0.1) is 0 Å². The number of hydrogen-bond donors (Lipinski definition) is 3.